The third-order valence-electron chi connectivity index (χ3n) is 8.85. The zero-order chi connectivity index (χ0) is 27.2. The lowest BCUT2D eigenvalue weighted by atomic mass is 9.58. The third kappa shape index (κ3) is 5.21. The molecule has 1 spiro atoms. The standard InChI is InChI=1S/C30H35ClO7S/c1-18-4-10-23-19(2)27(35-28-30(23)22(18)14-15-29(3,36-28)37-38-30)34-17-16-33-21-8-5-20(6-9-21)7-11-24(32)25-12-13-26(31)39-25/h5-9,11-13,18-19,22-23,27-28H,4,10,14-17H2,1-3H3/b11-7+/t18-,19-,22+,23+,27+,28-,29-,30-/m1/s1. The molecule has 4 saturated heterocycles. The Labute approximate surface area is 238 Å². The molecule has 5 heterocycles. The van der Waals surface area contributed by atoms with Gasteiger partial charge in [0.2, 0.25) is 5.79 Å². The maximum Gasteiger partial charge on any atom is 0.201 e. The normalized spacial score (nSPS) is 37.4. The van der Waals surface area contributed by atoms with Gasteiger partial charge in [-0.2, -0.15) is 0 Å². The summed E-state index contributed by atoms with van der Waals surface area (Å²) in [5.74, 6) is 1.10. The first-order valence-corrected chi connectivity index (χ1v) is 15.0. The molecule has 0 amide bonds. The van der Waals surface area contributed by atoms with Crippen LogP contribution in [0.5, 0.6) is 5.75 Å². The molecule has 4 aliphatic heterocycles. The molecule has 1 aromatic carbocycles. The second-order valence-electron chi connectivity index (χ2n) is 11.4. The van der Waals surface area contributed by atoms with E-state index in [-0.39, 0.29) is 17.6 Å². The van der Waals surface area contributed by atoms with E-state index in [1.807, 2.05) is 31.2 Å². The Morgan fingerprint density at radius 3 is 2.67 bits per heavy atom. The maximum atomic E-state index is 12.2. The molecule has 7 rings (SSSR count). The zero-order valence-electron chi connectivity index (χ0n) is 22.5. The summed E-state index contributed by atoms with van der Waals surface area (Å²) in [7, 11) is 0. The van der Waals surface area contributed by atoms with Gasteiger partial charge in [-0.05, 0) is 73.9 Å². The quantitative estimate of drug-likeness (QED) is 0.147. The van der Waals surface area contributed by atoms with Crippen molar-refractivity contribution in [2.24, 2.45) is 23.7 Å². The molecule has 2 bridgehead atoms. The van der Waals surface area contributed by atoms with E-state index in [9.17, 15) is 4.79 Å². The summed E-state index contributed by atoms with van der Waals surface area (Å²) in [6.45, 7) is 7.19. The van der Waals surface area contributed by atoms with Crippen LogP contribution in [0.4, 0.5) is 0 Å². The molecule has 1 saturated carbocycles. The number of thiophene rings is 1. The van der Waals surface area contributed by atoms with Crippen LogP contribution in [0, 0.1) is 23.7 Å². The molecule has 5 aliphatic rings. The van der Waals surface area contributed by atoms with Gasteiger partial charge >= 0.3 is 0 Å². The minimum atomic E-state index is -0.794. The molecule has 0 N–H and O–H groups in total. The molecule has 0 unspecified atom stereocenters. The number of ketones is 1. The lowest BCUT2D eigenvalue weighted by Crippen LogP contribution is -2.70. The summed E-state index contributed by atoms with van der Waals surface area (Å²) in [5, 5.41) is 0. The Bertz CT molecular complexity index is 1210. The van der Waals surface area contributed by atoms with Gasteiger partial charge < -0.3 is 18.9 Å². The highest BCUT2D eigenvalue weighted by molar-refractivity contribution is 7.18. The number of hydrogen-bond acceptors (Lipinski definition) is 8. The van der Waals surface area contributed by atoms with Crippen LogP contribution in [-0.2, 0) is 24.0 Å². The van der Waals surface area contributed by atoms with Crippen LogP contribution in [0.15, 0.2) is 42.5 Å². The molecule has 1 aromatic heterocycles. The van der Waals surface area contributed by atoms with E-state index < -0.39 is 24.0 Å². The Hall–Kier alpha value is -1.78. The van der Waals surface area contributed by atoms with E-state index in [1.165, 1.54) is 11.3 Å². The number of carbonyl (C=O) groups is 1. The van der Waals surface area contributed by atoms with Crippen LogP contribution >= 0.6 is 22.9 Å². The number of hydrogen-bond donors (Lipinski definition) is 0. The van der Waals surface area contributed by atoms with Crippen molar-refractivity contribution >= 4 is 34.8 Å². The molecule has 0 radical (unpaired) electrons. The van der Waals surface area contributed by atoms with Crippen LogP contribution in [0.2, 0.25) is 4.34 Å². The summed E-state index contributed by atoms with van der Waals surface area (Å²) >= 11 is 7.19. The van der Waals surface area contributed by atoms with Gasteiger partial charge in [-0.1, -0.05) is 43.7 Å². The van der Waals surface area contributed by atoms with E-state index in [1.54, 1.807) is 24.3 Å². The Morgan fingerprint density at radius 1 is 1.08 bits per heavy atom. The van der Waals surface area contributed by atoms with Gasteiger partial charge in [0, 0.05) is 18.3 Å². The Balaban J connectivity index is 1.03. The minimum Gasteiger partial charge on any atom is -0.491 e. The molecule has 210 valence electrons. The highest BCUT2D eigenvalue weighted by atomic mass is 35.5. The SMILES string of the molecule is C[C@H]1[C@@H](OCCOc2ccc(/C=C/C(=O)c3ccc(Cl)s3)cc2)O[C@@H]2O[C@@]3(C)CC[C@H]4[C@H](C)CC[C@@H]1[C@@]24OO3. The van der Waals surface area contributed by atoms with Crippen LogP contribution < -0.4 is 4.74 Å². The molecular weight excluding hydrogens is 540 g/mol. The number of fused-ring (bicyclic) bond motifs is 2. The monoisotopic (exact) mass is 574 g/mol. The van der Waals surface area contributed by atoms with Crippen molar-refractivity contribution in [3.63, 3.8) is 0 Å². The fourth-order valence-electron chi connectivity index (χ4n) is 6.76. The predicted octanol–water partition coefficient (Wildman–Crippen LogP) is 6.90. The van der Waals surface area contributed by atoms with Crippen LogP contribution in [-0.4, -0.2) is 43.0 Å². The average Bonchev–Trinajstić information content (AvgIpc) is 3.24. The highest BCUT2D eigenvalue weighted by Crippen LogP contribution is 2.60. The van der Waals surface area contributed by atoms with Crippen LogP contribution in [0.1, 0.15) is 61.7 Å². The fraction of sp³-hybridized carbons (Fsp3) is 0.567. The van der Waals surface area contributed by atoms with Crippen molar-refractivity contribution in [2.45, 2.75) is 70.4 Å². The van der Waals surface area contributed by atoms with E-state index in [2.05, 4.69) is 13.8 Å². The van der Waals surface area contributed by atoms with Crippen LogP contribution in [0.25, 0.3) is 6.08 Å². The van der Waals surface area contributed by atoms with E-state index >= 15 is 0 Å². The molecule has 1 aliphatic carbocycles. The van der Waals surface area contributed by atoms with E-state index in [4.69, 9.17) is 40.3 Å². The smallest absolute Gasteiger partial charge is 0.201 e. The fourth-order valence-corrected chi connectivity index (χ4v) is 7.73. The first kappa shape index (κ1) is 27.4. The molecular formula is C30H35ClO7S. The molecule has 2 aromatic rings. The largest absolute Gasteiger partial charge is 0.491 e. The van der Waals surface area contributed by atoms with Gasteiger partial charge in [-0.15, -0.1) is 11.3 Å². The van der Waals surface area contributed by atoms with Crippen molar-refractivity contribution in [1.82, 2.24) is 0 Å². The number of halogens is 1. The van der Waals surface area contributed by atoms with Gasteiger partial charge in [0.05, 0.1) is 15.8 Å². The second kappa shape index (κ2) is 10.9. The van der Waals surface area contributed by atoms with Crippen molar-refractivity contribution in [2.75, 3.05) is 13.2 Å². The summed E-state index contributed by atoms with van der Waals surface area (Å²) in [4.78, 5) is 24.9. The first-order chi connectivity index (χ1) is 18.8. The zero-order valence-corrected chi connectivity index (χ0v) is 24.0. The first-order valence-electron chi connectivity index (χ1n) is 13.8. The molecule has 5 fully saturated rings. The number of benzene rings is 1. The van der Waals surface area contributed by atoms with Gasteiger partial charge in [-0.25, -0.2) is 9.78 Å². The Kier molecular flexibility index (Phi) is 7.65. The van der Waals surface area contributed by atoms with Gasteiger partial charge in [0.1, 0.15) is 12.4 Å². The topological polar surface area (TPSA) is 72.5 Å². The molecule has 9 heteroatoms. The minimum absolute atomic E-state index is 0.0667. The number of rotatable bonds is 8. The highest BCUT2D eigenvalue weighted by Gasteiger charge is 2.69. The van der Waals surface area contributed by atoms with E-state index in [0.717, 1.165) is 37.0 Å². The summed E-state index contributed by atoms with van der Waals surface area (Å²) < 4.78 is 25.6. The summed E-state index contributed by atoms with van der Waals surface area (Å²) in [6, 6.07) is 11.0. The van der Waals surface area contributed by atoms with Crippen molar-refractivity contribution in [3.05, 3.63) is 57.3 Å². The Morgan fingerprint density at radius 2 is 1.90 bits per heavy atom. The average molecular weight is 575 g/mol. The van der Waals surface area contributed by atoms with Crippen molar-refractivity contribution in [3.8, 4) is 5.75 Å². The van der Waals surface area contributed by atoms with Crippen molar-refractivity contribution in [1.29, 1.82) is 0 Å². The van der Waals surface area contributed by atoms with Crippen LogP contribution in [0.3, 0.4) is 0 Å². The van der Waals surface area contributed by atoms with Crippen molar-refractivity contribution < 1.29 is 33.5 Å². The number of carbonyl (C=O) groups excluding carboxylic acids is 1. The lowest BCUT2D eigenvalue weighted by Gasteiger charge is -2.60. The maximum absolute atomic E-state index is 12.2. The molecule has 7 nitrogen and oxygen atoms in total. The lowest BCUT2D eigenvalue weighted by molar-refractivity contribution is -0.577. The van der Waals surface area contributed by atoms with Gasteiger partial charge in [-0.3, -0.25) is 4.79 Å². The van der Waals surface area contributed by atoms with Gasteiger partial charge in [0.25, 0.3) is 0 Å². The predicted molar refractivity (Wildman–Crippen MR) is 147 cm³/mol. The van der Waals surface area contributed by atoms with E-state index in [0.29, 0.717) is 34.3 Å². The molecule has 39 heavy (non-hydrogen) atoms. The van der Waals surface area contributed by atoms with Gasteiger partial charge in [0.15, 0.2) is 24.0 Å². The summed E-state index contributed by atoms with van der Waals surface area (Å²) in [5.41, 5.74) is 0.326. The molecule has 8 atom stereocenters. The number of ether oxygens (including phenoxy) is 4. The third-order valence-corrected chi connectivity index (χ3v) is 10.1. The summed E-state index contributed by atoms with van der Waals surface area (Å²) in [6.07, 6.45) is 6.41. The number of allylic oxidation sites excluding steroid dienone is 1. The second-order valence-corrected chi connectivity index (χ2v) is 13.1.